The second-order valence-corrected chi connectivity index (χ2v) is 2.83. The molecule has 0 atom stereocenters. The number of rotatable bonds is 1. The van der Waals surface area contributed by atoms with Gasteiger partial charge in [0.2, 0.25) is 0 Å². The smallest absolute Gasteiger partial charge is 0.205 e. The molecule has 66 valence electrons. The fourth-order valence-electron chi connectivity index (χ4n) is 0.910. The summed E-state index contributed by atoms with van der Waals surface area (Å²) in [7, 11) is 0. The molecular weight excluding hydrogens is 189 g/mol. The lowest BCUT2D eigenvalue weighted by atomic mass is 10.1. The Morgan fingerprint density at radius 2 is 1.92 bits per heavy atom. The Balaban J connectivity index is 3.28. The number of benzene rings is 1. The Hall–Kier alpha value is -0.700. The van der Waals surface area contributed by atoms with Crippen molar-refractivity contribution in [2.75, 3.05) is 0 Å². The molecule has 4 heteroatoms. The minimum absolute atomic E-state index is 0.437. The van der Waals surface area contributed by atoms with E-state index < -0.39 is 22.8 Å². The molecule has 0 aliphatic heterocycles. The molecule has 12 heavy (non-hydrogen) atoms. The first-order valence-corrected chi connectivity index (χ1v) is 3.64. The minimum atomic E-state index is -2.73. The van der Waals surface area contributed by atoms with Crippen LogP contribution in [-0.2, 0) is 0 Å². The maximum atomic E-state index is 12.7. The van der Waals surface area contributed by atoms with Crippen LogP contribution in [0.25, 0.3) is 0 Å². The molecule has 0 aromatic heterocycles. The first-order valence-electron chi connectivity index (χ1n) is 3.26. The highest BCUT2D eigenvalue weighted by Crippen LogP contribution is 2.29. The van der Waals surface area contributed by atoms with Gasteiger partial charge in [0.15, 0.2) is 0 Å². The lowest BCUT2D eigenvalue weighted by Crippen LogP contribution is -1.91. The predicted molar refractivity (Wildman–Crippen MR) is 41.1 cm³/mol. The Bertz CT molecular complexity index is 297. The van der Waals surface area contributed by atoms with Gasteiger partial charge in [-0.3, -0.25) is 0 Å². The van der Waals surface area contributed by atoms with Crippen molar-refractivity contribution < 1.29 is 13.2 Å². The molecule has 0 aliphatic carbocycles. The monoisotopic (exact) mass is 194 g/mol. The van der Waals surface area contributed by atoms with Crippen molar-refractivity contribution in [3.8, 4) is 0 Å². The van der Waals surface area contributed by atoms with Crippen LogP contribution in [0.3, 0.4) is 0 Å². The standard InChI is InChI=1S/C8H6ClF3/c1-4-2-5(8(11)12)7(9)6(10)3-4/h2-3,8H,1H3. The highest BCUT2D eigenvalue weighted by Gasteiger charge is 2.15. The highest BCUT2D eigenvalue weighted by atomic mass is 35.5. The van der Waals surface area contributed by atoms with Crippen LogP contribution in [-0.4, -0.2) is 0 Å². The van der Waals surface area contributed by atoms with E-state index in [4.69, 9.17) is 11.6 Å². The fraction of sp³-hybridized carbons (Fsp3) is 0.250. The summed E-state index contributed by atoms with van der Waals surface area (Å²) >= 11 is 5.31. The molecule has 1 rings (SSSR count). The molecule has 0 aliphatic rings. The van der Waals surface area contributed by atoms with Crippen LogP contribution in [0.4, 0.5) is 13.2 Å². The maximum absolute atomic E-state index is 12.7. The van der Waals surface area contributed by atoms with Crippen LogP contribution in [0.1, 0.15) is 17.6 Å². The summed E-state index contributed by atoms with van der Waals surface area (Å²) in [5, 5.41) is -0.490. The van der Waals surface area contributed by atoms with Gasteiger partial charge in [-0.2, -0.15) is 0 Å². The van der Waals surface area contributed by atoms with E-state index in [1.165, 1.54) is 13.0 Å². The van der Waals surface area contributed by atoms with Crippen LogP contribution in [0.2, 0.25) is 5.02 Å². The van der Waals surface area contributed by atoms with Gasteiger partial charge in [0.1, 0.15) is 5.82 Å². The SMILES string of the molecule is Cc1cc(F)c(Cl)c(C(F)F)c1. The van der Waals surface area contributed by atoms with E-state index >= 15 is 0 Å². The molecule has 0 amide bonds. The van der Waals surface area contributed by atoms with Crippen LogP contribution in [0.15, 0.2) is 12.1 Å². The Labute approximate surface area is 73.0 Å². The third kappa shape index (κ3) is 1.72. The predicted octanol–water partition coefficient (Wildman–Crippen LogP) is 3.73. The average molecular weight is 195 g/mol. The van der Waals surface area contributed by atoms with Crippen molar-refractivity contribution in [1.29, 1.82) is 0 Å². The summed E-state index contributed by atoms with van der Waals surface area (Å²) < 4.78 is 37.0. The lowest BCUT2D eigenvalue weighted by molar-refractivity contribution is 0.151. The van der Waals surface area contributed by atoms with Crippen LogP contribution in [0, 0.1) is 12.7 Å². The first-order chi connectivity index (χ1) is 5.52. The number of halogens is 4. The van der Waals surface area contributed by atoms with Gasteiger partial charge in [-0.25, -0.2) is 13.2 Å². The van der Waals surface area contributed by atoms with Gasteiger partial charge >= 0.3 is 0 Å². The first kappa shape index (κ1) is 9.39. The Kier molecular flexibility index (Phi) is 2.62. The zero-order valence-electron chi connectivity index (χ0n) is 6.24. The number of alkyl halides is 2. The molecule has 0 spiro atoms. The van der Waals surface area contributed by atoms with Gasteiger partial charge < -0.3 is 0 Å². The molecule has 0 saturated heterocycles. The van der Waals surface area contributed by atoms with Crippen LogP contribution < -0.4 is 0 Å². The molecule has 0 bridgehead atoms. The molecule has 0 saturated carbocycles. The van der Waals surface area contributed by atoms with E-state index in [0.717, 1.165) is 6.07 Å². The average Bonchev–Trinajstić information content (AvgIpc) is 1.96. The second-order valence-electron chi connectivity index (χ2n) is 2.45. The number of hydrogen-bond donors (Lipinski definition) is 0. The molecule has 0 nitrogen and oxygen atoms in total. The van der Waals surface area contributed by atoms with Gasteiger partial charge in [-0.15, -0.1) is 0 Å². The number of aryl methyl sites for hydroxylation is 1. The van der Waals surface area contributed by atoms with Crippen molar-refractivity contribution in [1.82, 2.24) is 0 Å². The van der Waals surface area contributed by atoms with Gasteiger partial charge in [0.05, 0.1) is 5.02 Å². The zero-order valence-corrected chi connectivity index (χ0v) is 7.00. The van der Waals surface area contributed by atoms with Crippen LogP contribution >= 0.6 is 11.6 Å². The summed E-state index contributed by atoms with van der Waals surface area (Å²) in [6, 6.07) is 2.30. The second kappa shape index (κ2) is 3.35. The van der Waals surface area contributed by atoms with Gasteiger partial charge in [0.25, 0.3) is 6.43 Å². The van der Waals surface area contributed by atoms with Crippen molar-refractivity contribution >= 4 is 11.6 Å². The van der Waals surface area contributed by atoms with Gasteiger partial charge in [0, 0.05) is 5.56 Å². The van der Waals surface area contributed by atoms with Gasteiger partial charge in [-0.1, -0.05) is 11.6 Å². The fourth-order valence-corrected chi connectivity index (χ4v) is 1.10. The third-order valence-corrected chi connectivity index (χ3v) is 1.83. The molecular formula is C8H6ClF3. The summed E-state index contributed by atoms with van der Waals surface area (Å²) in [6.07, 6.45) is -2.73. The summed E-state index contributed by atoms with van der Waals surface area (Å²) in [5.74, 6) is -0.799. The summed E-state index contributed by atoms with van der Waals surface area (Å²) in [4.78, 5) is 0. The molecule has 1 aromatic rings. The maximum Gasteiger partial charge on any atom is 0.265 e. The number of hydrogen-bond acceptors (Lipinski definition) is 0. The zero-order chi connectivity index (χ0) is 9.30. The molecule has 1 aromatic carbocycles. The van der Waals surface area contributed by atoms with Crippen molar-refractivity contribution in [3.05, 3.63) is 34.1 Å². The van der Waals surface area contributed by atoms with E-state index in [2.05, 4.69) is 0 Å². The molecule has 0 unspecified atom stereocenters. The van der Waals surface area contributed by atoms with Crippen molar-refractivity contribution in [3.63, 3.8) is 0 Å². The van der Waals surface area contributed by atoms with E-state index in [9.17, 15) is 13.2 Å². The quantitative estimate of drug-likeness (QED) is 0.639. The normalized spacial score (nSPS) is 10.8. The van der Waals surface area contributed by atoms with Crippen LogP contribution in [0.5, 0.6) is 0 Å². The van der Waals surface area contributed by atoms with Gasteiger partial charge in [-0.05, 0) is 24.6 Å². The lowest BCUT2D eigenvalue weighted by Gasteiger charge is -2.04. The molecule has 0 N–H and O–H groups in total. The third-order valence-electron chi connectivity index (χ3n) is 1.44. The Morgan fingerprint density at radius 3 is 2.42 bits per heavy atom. The van der Waals surface area contributed by atoms with E-state index in [-0.39, 0.29) is 0 Å². The summed E-state index contributed by atoms with van der Waals surface area (Å²) in [6.45, 7) is 1.53. The van der Waals surface area contributed by atoms with Crippen molar-refractivity contribution in [2.24, 2.45) is 0 Å². The minimum Gasteiger partial charge on any atom is -0.205 e. The van der Waals surface area contributed by atoms with E-state index in [0.29, 0.717) is 5.56 Å². The topological polar surface area (TPSA) is 0 Å². The molecule has 0 radical (unpaired) electrons. The summed E-state index contributed by atoms with van der Waals surface area (Å²) in [5.41, 5.74) is -0.0126. The molecule has 0 fully saturated rings. The highest BCUT2D eigenvalue weighted by molar-refractivity contribution is 6.31. The van der Waals surface area contributed by atoms with E-state index in [1.807, 2.05) is 0 Å². The molecule has 0 heterocycles. The Morgan fingerprint density at radius 1 is 1.33 bits per heavy atom. The van der Waals surface area contributed by atoms with Crippen molar-refractivity contribution in [2.45, 2.75) is 13.3 Å². The largest absolute Gasteiger partial charge is 0.265 e. The van der Waals surface area contributed by atoms with E-state index in [1.54, 1.807) is 0 Å².